The molecular formula is C19H19N3O4S. The Morgan fingerprint density at radius 1 is 1.37 bits per heavy atom. The van der Waals surface area contributed by atoms with Gasteiger partial charge in [0, 0.05) is 5.39 Å². The molecule has 3 aromatic rings. The van der Waals surface area contributed by atoms with Crippen molar-refractivity contribution >= 4 is 34.1 Å². The van der Waals surface area contributed by atoms with Crippen LogP contribution in [0.1, 0.15) is 39.5 Å². The summed E-state index contributed by atoms with van der Waals surface area (Å²) in [6.07, 6.45) is 1.12. The number of benzene rings is 1. The molecule has 0 saturated heterocycles. The number of aryl methyl sites for hydroxylation is 2. The third-order valence-electron chi connectivity index (χ3n) is 4.85. The first kappa shape index (κ1) is 17.5. The summed E-state index contributed by atoms with van der Waals surface area (Å²) in [6.45, 7) is 4.07. The molecule has 2 amide bonds. The highest BCUT2D eigenvalue weighted by molar-refractivity contribution is 7.09. The number of hydrogen-bond acceptors (Lipinski definition) is 6. The zero-order chi connectivity index (χ0) is 19.2. The van der Waals surface area contributed by atoms with Crippen molar-refractivity contribution in [3.8, 4) is 5.75 Å². The van der Waals surface area contributed by atoms with E-state index < -0.39 is 11.4 Å². The van der Waals surface area contributed by atoms with Crippen LogP contribution in [0.3, 0.4) is 0 Å². The third-order valence-corrected chi connectivity index (χ3v) is 5.76. The van der Waals surface area contributed by atoms with Crippen LogP contribution in [0, 0.1) is 13.8 Å². The number of carbonyl (C=O) groups excluding carboxylic acids is 2. The van der Waals surface area contributed by atoms with E-state index in [0.29, 0.717) is 47.5 Å². The van der Waals surface area contributed by atoms with Gasteiger partial charge in [-0.15, -0.1) is 11.3 Å². The molecule has 8 heteroatoms. The van der Waals surface area contributed by atoms with E-state index in [2.05, 4.69) is 10.3 Å². The predicted molar refractivity (Wildman–Crippen MR) is 101 cm³/mol. The highest BCUT2D eigenvalue weighted by Crippen LogP contribution is 2.36. The molecule has 0 atom stereocenters. The van der Waals surface area contributed by atoms with Gasteiger partial charge >= 0.3 is 0 Å². The first-order valence-electron chi connectivity index (χ1n) is 8.57. The smallest absolute Gasteiger partial charge is 0.256 e. The van der Waals surface area contributed by atoms with Gasteiger partial charge in [-0.1, -0.05) is 0 Å². The minimum atomic E-state index is -0.926. The summed E-state index contributed by atoms with van der Waals surface area (Å²) in [5, 5.41) is 3.41. The van der Waals surface area contributed by atoms with E-state index >= 15 is 0 Å². The molecule has 140 valence electrons. The van der Waals surface area contributed by atoms with Gasteiger partial charge in [0.2, 0.25) is 5.91 Å². The van der Waals surface area contributed by atoms with Crippen molar-refractivity contribution in [2.45, 2.75) is 38.8 Å². The number of aromatic nitrogens is 1. The number of nitrogens with zero attached hydrogens (tertiary/aromatic N) is 1. The van der Waals surface area contributed by atoms with Crippen LogP contribution >= 0.6 is 11.3 Å². The standard InChI is InChI=1S/C19H19N3O4S/c1-10-15(27-9-21-10)8-25-12-3-4-14-13(7-12)16(11(2)26-14)17(23)22-19(5-6-19)18(20)24/h3-4,7,9H,5-6,8H2,1-2H3,(H2,20,24)(H,22,23). The van der Waals surface area contributed by atoms with Crippen molar-refractivity contribution in [1.29, 1.82) is 0 Å². The molecule has 0 spiro atoms. The van der Waals surface area contributed by atoms with Crippen LogP contribution in [0.25, 0.3) is 11.0 Å². The van der Waals surface area contributed by atoms with Gasteiger partial charge in [-0.2, -0.15) is 0 Å². The zero-order valence-electron chi connectivity index (χ0n) is 15.0. The quantitative estimate of drug-likeness (QED) is 0.678. The summed E-state index contributed by atoms with van der Waals surface area (Å²) in [7, 11) is 0. The Morgan fingerprint density at radius 2 is 2.15 bits per heavy atom. The lowest BCUT2D eigenvalue weighted by Gasteiger charge is -2.13. The molecule has 1 saturated carbocycles. The summed E-state index contributed by atoms with van der Waals surface area (Å²) < 4.78 is 11.6. The van der Waals surface area contributed by atoms with Crippen LogP contribution in [0.5, 0.6) is 5.75 Å². The number of thiazole rings is 1. The van der Waals surface area contributed by atoms with Gasteiger partial charge < -0.3 is 20.2 Å². The van der Waals surface area contributed by atoms with Crippen molar-refractivity contribution in [2.75, 3.05) is 0 Å². The third kappa shape index (κ3) is 3.16. The van der Waals surface area contributed by atoms with Crippen molar-refractivity contribution in [3.63, 3.8) is 0 Å². The van der Waals surface area contributed by atoms with Crippen molar-refractivity contribution < 1.29 is 18.7 Å². The Bertz CT molecular complexity index is 1050. The molecule has 1 fully saturated rings. The fraction of sp³-hybridized carbons (Fsp3) is 0.316. The number of rotatable bonds is 6. The van der Waals surface area contributed by atoms with Crippen LogP contribution in [0.15, 0.2) is 28.1 Å². The predicted octanol–water partition coefficient (Wildman–Crippen LogP) is 2.83. The Morgan fingerprint density at radius 3 is 2.78 bits per heavy atom. The van der Waals surface area contributed by atoms with Crippen molar-refractivity contribution in [3.05, 3.63) is 45.6 Å². The zero-order valence-corrected chi connectivity index (χ0v) is 15.8. The monoisotopic (exact) mass is 385 g/mol. The average Bonchev–Trinajstić information content (AvgIpc) is 3.17. The summed E-state index contributed by atoms with van der Waals surface area (Å²) >= 11 is 1.54. The van der Waals surface area contributed by atoms with E-state index in [1.807, 2.05) is 6.92 Å². The SMILES string of the molecule is Cc1ncsc1COc1ccc2oc(C)c(C(=O)NC3(C(N)=O)CC3)c2c1. The lowest BCUT2D eigenvalue weighted by Crippen LogP contribution is -2.46. The molecule has 4 rings (SSSR count). The van der Waals surface area contributed by atoms with Gasteiger partial charge in [0.15, 0.2) is 0 Å². The lowest BCUT2D eigenvalue weighted by molar-refractivity contribution is -0.120. The number of carbonyl (C=O) groups is 2. The second-order valence-corrected chi connectivity index (χ2v) is 7.68. The molecular weight excluding hydrogens is 366 g/mol. The van der Waals surface area contributed by atoms with Gasteiger partial charge in [-0.3, -0.25) is 9.59 Å². The number of ether oxygens (including phenoxy) is 1. The Balaban J connectivity index is 1.61. The molecule has 0 unspecified atom stereocenters. The minimum Gasteiger partial charge on any atom is -0.488 e. The van der Waals surface area contributed by atoms with Gasteiger partial charge in [0.05, 0.1) is 21.6 Å². The van der Waals surface area contributed by atoms with Crippen LogP contribution in [-0.2, 0) is 11.4 Å². The summed E-state index contributed by atoms with van der Waals surface area (Å²) in [5.74, 6) is 0.239. The summed E-state index contributed by atoms with van der Waals surface area (Å²) in [5.41, 5.74) is 8.20. The molecule has 7 nitrogen and oxygen atoms in total. The molecule has 0 bridgehead atoms. The molecule has 1 aliphatic rings. The fourth-order valence-corrected chi connectivity index (χ4v) is 3.71. The lowest BCUT2D eigenvalue weighted by atomic mass is 10.1. The van der Waals surface area contributed by atoms with Crippen molar-refractivity contribution in [1.82, 2.24) is 10.3 Å². The number of primary amides is 1. The van der Waals surface area contributed by atoms with Gasteiger partial charge in [0.25, 0.3) is 5.91 Å². The molecule has 0 radical (unpaired) electrons. The van der Waals surface area contributed by atoms with Crippen molar-refractivity contribution in [2.24, 2.45) is 5.73 Å². The molecule has 1 aromatic carbocycles. The average molecular weight is 385 g/mol. The molecule has 27 heavy (non-hydrogen) atoms. The summed E-state index contributed by atoms with van der Waals surface area (Å²) in [4.78, 5) is 29.6. The number of amides is 2. The maximum absolute atomic E-state index is 12.8. The maximum Gasteiger partial charge on any atom is 0.256 e. The highest BCUT2D eigenvalue weighted by atomic mass is 32.1. The minimum absolute atomic E-state index is 0.363. The molecule has 2 aromatic heterocycles. The Hall–Kier alpha value is -2.87. The Kier molecular flexibility index (Phi) is 4.15. The number of hydrogen-bond donors (Lipinski definition) is 2. The van der Waals surface area contributed by atoms with E-state index in [-0.39, 0.29) is 5.91 Å². The van der Waals surface area contributed by atoms with E-state index in [1.54, 1.807) is 30.6 Å². The number of nitrogens with one attached hydrogen (secondary N) is 1. The molecule has 1 aliphatic carbocycles. The van der Waals surface area contributed by atoms with Crippen LogP contribution in [-0.4, -0.2) is 22.3 Å². The van der Waals surface area contributed by atoms with E-state index in [1.165, 1.54) is 11.3 Å². The van der Waals surface area contributed by atoms with Gasteiger partial charge in [-0.05, 0) is 44.9 Å². The molecule has 3 N–H and O–H groups in total. The fourth-order valence-electron chi connectivity index (χ4n) is 3.02. The summed E-state index contributed by atoms with van der Waals surface area (Å²) in [6, 6.07) is 5.35. The van der Waals surface area contributed by atoms with Crippen LogP contribution in [0.4, 0.5) is 0 Å². The second kappa shape index (κ2) is 6.38. The maximum atomic E-state index is 12.8. The Labute approximate surface area is 159 Å². The highest BCUT2D eigenvalue weighted by Gasteiger charge is 2.50. The first-order valence-corrected chi connectivity index (χ1v) is 9.45. The van der Waals surface area contributed by atoms with Gasteiger partial charge in [0.1, 0.15) is 29.2 Å². The number of nitrogens with two attached hydrogens (primary N) is 1. The number of furan rings is 1. The normalized spacial score (nSPS) is 14.9. The molecule has 2 heterocycles. The van der Waals surface area contributed by atoms with Crippen LogP contribution < -0.4 is 15.8 Å². The largest absolute Gasteiger partial charge is 0.488 e. The van der Waals surface area contributed by atoms with E-state index in [4.69, 9.17) is 14.9 Å². The topological polar surface area (TPSA) is 107 Å². The number of fused-ring (bicyclic) bond motifs is 1. The second-order valence-electron chi connectivity index (χ2n) is 6.74. The van der Waals surface area contributed by atoms with E-state index in [9.17, 15) is 9.59 Å². The van der Waals surface area contributed by atoms with Crippen LogP contribution in [0.2, 0.25) is 0 Å². The van der Waals surface area contributed by atoms with Gasteiger partial charge in [-0.25, -0.2) is 4.98 Å². The van der Waals surface area contributed by atoms with E-state index in [0.717, 1.165) is 10.6 Å². The first-order chi connectivity index (χ1) is 12.9. The molecule has 0 aliphatic heterocycles.